The summed E-state index contributed by atoms with van der Waals surface area (Å²) < 4.78 is 3.48. The van der Waals surface area contributed by atoms with Crippen LogP contribution in [0.4, 0.5) is 0 Å². The minimum Gasteiger partial charge on any atom is -0.316 e. The highest BCUT2D eigenvalue weighted by Gasteiger charge is 2.13. The van der Waals surface area contributed by atoms with Crippen LogP contribution in [0.1, 0.15) is 11.1 Å². The van der Waals surface area contributed by atoms with E-state index in [1.165, 1.54) is 4.57 Å². The van der Waals surface area contributed by atoms with Crippen molar-refractivity contribution in [2.24, 2.45) is 7.05 Å². The summed E-state index contributed by atoms with van der Waals surface area (Å²) in [5.41, 5.74) is 2.10. The summed E-state index contributed by atoms with van der Waals surface area (Å²) in [5, 5.41) is 0. The Labute approximate surface area is 124 Å². The predicted molar refractivity (Wildman–Crippen MR) is 83.3 cm³/mol. The molecule has 2 heterocycles. The van der Waals surface area contributed by atoms with Gasteiger partial charge in [0.25, 0.3) is 5.56 Å². The molecule has 6 nitrogen and oxygen atoms in total. The topological polar surface area (TPSA) is 75.6 Å². The maximum Gasteiger partial charge on any atom is 0.329 e. The molecule has 0 spiro atoms. The first-order chi connectivity index (χ1) is 9.99. The average molecular weight is 302 g/mol. The smallest absolute Gasteiger partial charge is 0.316 e. The van der Waals surface area contributed by atoms with Crippen LogP contribution in [-0.2, 0) is 13.6 Å². The molecule has 7 heteroatoms. The summed E-state index contributed by atoms with van der Waals surface area (Å²) in [4.78, 5) is 29.0. The molecule has 3 aromatic rings. The Hall–Kier alpha value is -2.41. The number of aryl methyl sites for hydroxylation is 2. The lowest BCUT2D eigenvalue weighted by Gasteiger charge is -2.07. The normalized spacial score (nSPS) is 11.1. The molecule has 3 rings (SSSR count). The average Bonchev–Trinajstić information content (AvgIpc) is 2.77. The van der Waals surface area contributed by atoms with Gasteiger partial charge in [-0.05, 0) is 30.3 Å². The van der Waals surface area contributed by atoms with E-state index in [1.54, 1.807) is 11.6 Å². The van der Waals surface area contributed by atoms with Crippen LogP contribution in [0.15, 0.2) is 33.9 Å². The highest BCUT2D eigenvalue weighted by atomic mass is 32.1. The lowest BCUT2D eigenvalue weighted by molar-refractivity contribution is 0.794. The summed E-state index contributed by atoms with van der Waals surface area (Å²) in [7, 11) is 1.59. The second-order valence-electron chi connectivity index (χ2n) is 4.96. The number of H-pyrrole nitrogens is 2. The van der Waals surface area contributed by atoms with Crippen molar-refractivity contribution < 1.29 is 0 Å². The molecule has 0 amide bonds. The monoisotopic (exact) mass is 302 g/mol. The van der Waals surface area contributed by atoms with Gasteiger partial charge in [-0.1, -0.05) is 24.3 Å². The fourth-order valence-corrected chi connectivity index (χ4v) is 2.63. The van der Waals surface area contributed by atoms with Crippen LogP contribution in [-0.4, -0.2) is 19.1 Å². The third-order valence-electron chi connectivity index (χ3n) is 3.63. The van der Waals surface area contributed by atoms with Crippen molar-refractivity contribution in [1.29, 1.82) is 0 Å². The van der Waals surface area contributed by atoms with Crippen molar-refractivity contribution in [2.75, 3.05) is 0 Å². The highest BCUT2D eigenvalue weighted by Crippen LogP contribution is 2.13. The fourth-order valence-electron chi connectivity index (χ4n) is 2.38. The molecule has 0 aliphatic carbocycles. The van der Waals surface area contributed by atoms with Gasteiger partial charge in [0.1, 0.15) is 5.65 Å². The number of hydrogen-bond acceptors (Lipinski definition) is 3. The molecule has 0 saturated carbocycles. The van der Waals surface area contributed by atoms with Crippen molar-refractivity contribution in [3.8, 4) is 0 Å². The number of imidazole rings is 1. The molecule has 0 bridgehead atoms. The van der Waals surface area contributed by atoms with Gasteiger partial charge in [-0.25, -0.2) is 4.79 Å². The van der Waals surface area contributed by atoms with Crippen LogP contribution in [0.2, 0.25) is 0 Å². The lowest BCUT2D eigenvalue weighted by atomic mass is 10.1. The van der Waals surface area contributed by atoms with Gasteiger partial charge >= 0.3 is 5.69 Å². The van der Waals surface area contributed by atoms with Gasteiger partial charge in [-0.2, -0.15) is 0 Å². The van der Waals surface area contributed by atoms with Gasteiger partial charge in [0.2, 0.25) is 0 Å². The van der Waals surface area contributed by atoms with Crippen LogP contribution in [0.5, 0.6) is 0 Å². The SMILES string of the molecule is Cc1ccccc1Cn1c(=S)[nH]c2c1c(=O)[nH]c(=O)n2C. The first-order valence-electron chi connectivity index (χ1n) is 6.45. The number of hydrogen-bond donors (Lipinski definition) is 2. The standard InChI is InChI=1S/C14H14N4O2S/c1-8-5-3-4-6-9(8)7-18-10-11(15-14(18)21)17(2)13(20)16-12(10)19/h3-6H,7H2,1-2H3,(H,15,21)(H,16,19,20). The molecule has 0 fully saturated rings. The Morgan fingerprint density at radius 2 is 1.90 bits per heavy atom. The van der Waals surface area contributed by atoms with E-state index >= 15 is 0 Å². The molecular formula is C14H14N4O2S. The van der Waals surface area contributed by atoms with Crippen LogP contribution in [0.25, 0.3) is 11.2 Å². The van der Waals surface area contributed by atoms with Crippen LogP contribution in [0, 0.1) is 11.7 Å². The van der Waals surface area contributed by atoms with Crippen LogP contribution < -0.4 is 11.2 Å². The zero-order chi connectivity index (χ0) is 15.1. The van der Waals surface area contributed by atoms with E-state index < -0.39 is 11.2 Å². The third kappa shape index (κ3) is 2.15. The summed E-state index contributed by atoms with van der Waals surface area (Å²) in [6.07, 6.45) is 0. The quantitative estimate of drug-likeness (QED) is 0.703. The maximum atomic E-state index is 12.1. The molecule has 0 atom stereocenters. The number of nitrogens with one attached hydrogen (secondary N) is 2. The molecule has 1 aromatic carbocycles. The molecule has 2 N–H and O–H groups in total. The Kier molecular flexibility index (Phi) is 3.13. The Morgan fingerprint density at radius 3 is 2.62 bits per heavy atom. The molecule has 0 aliphatic heterocycles. The van der Waals surface area contributed by atoms with Crippen LogP contribution >= 0.6 is 12.2 Å². The predicted octanol–water partition coefficient (Wildman–Crippen LogP) is 1.44. The van der Waals surface area contributed by atoms with E-state index in [2.05, 4.69) is 9.97 Å². The number of aromatic amines is 2. The van der Waals surface area contributed by atoms with Gasteiger partial charge in [0.05, 0.1) is 6.54 Å². The van der Waals surface area contributed by atoms with Gasteiger partial charge in [0, 0.05) is 7.05 Å². The molecule has 0 unspecified atom stereocenters. The number of aromatic nitrogens is 4. The summed E-state index contributed by atoms with van der Waals surface area (Å²) in [6.45, 7) is 2.49. The number of rotatable bonds is 2. The second kappa shape index (κ2) is 4.85. The number of fused-ring (bicyclic) bond motifs is 1. The summed E-state index contributed by atoms with van der Waals surface area (Å²) in [5.74, 6) is 0. The minimum absolute atomic E-state index is 0.380. The van der Waals surface area contributed by atoms with E-state index in [4.69, 9.17) is 12.2 Å². The Balaban J connectivity index is 2.30. The van der Waals surface area contributed by atoms with E-state index in [-0.39, 0.29) is 0 Å². The molecule has 108 valence electrons. The molecular weight excluding hydrogens is 288 g/mol. The zero-order valence-corrected chi connectivity index (χ0v) is 12.5. The van der Waals surface area contributed by atoms with Crippen molar-refractivity contribution in [3.05, 3.63) is 61.0 Å². The van der Waals surface area contributed by atoms with Crippen molar-refractivity contribution >= 4 is 23.4 Å². The minimum atomic E-state index is -0.466. The Morgan fingerprint density at radius 1 is 1.19 bits per heavy atom. The van der Waals surface area contributed by atoms with Crippen molar-refractivity contribution in [2.45, 2.75) is 13.5 Å². The van der Waals surface area contributed by atoms with Crippen molar-refractivity contribution in [1.82, 2.24) is 19.1 Å². The van der Waals surface area contributed by atoms with Gasteiger partial charge in [-0.3, -0.25) is 14.3 Å². The van der Waals surface area contributed by atoms with Crippen LogP contribution in [0.3, 0.4) is 0 Å². The largest absolute Gasteiger partial charge is 0.329 e. The van der Waals surface area contributed by atoms with Crippen molar-refractivity contribution in [3.63, 3.8) is 0 Å². The van der Waals surface area contributed by atoms with E-state index in [1.807, 2.05) is 31.2 Å². The van der Waals surface area contributed by atoms with E-state index in [9.17, 15) is 9.59 Å². The molecule has 2 aromatic heterocycles. The third-order valence-corrected chi connectivity index (χ3v) is 3.95. The highest BCUT2D eigenvalue weighted by molar-refractivity contribution is 7.71. The van der Waals surface area contributed by atoms with E-state index in [0.717, 1.165) is 11.1 Å². The second-order valence-corrected chi connectivity index (χ2v) is 5.34. The number of nitrogens with zero attached hydrogens (tertiary/aromatic N) is 2. The first kappa shape index (κ1) is 13.6. The maximum absolute atomic E-state index is 12.1. The van der Waals surface area contributed by atoms with Gasteiger partial charge < -0.3 is 9.55 Å². The number of benzene rings is 1. The summed E-state index contributed by atoms with van der Waals surface area (Å²) in [6, 6.07) is 7.91. The lowest BCUT2D eigenvalue weighted by Crippen LogP contribution is -2.29. The van der Waals surface area contributed by atoms with Gasteiger partial charge in [0.15, 0.2) is 10.3 Å². The molecule has 0 aliphatic rings. The Bertz CT molecular complexity index is 1010. The van der Waals surface area contributed by atoms with E-state index in [0.29, 0.717) is 22.5 Å². The molecule has 21 heavy (non-hydrogen) atoms. The first-order valence-corrected chi connectivity index (χ1v) is 6.86. The molecule has 0 radical (unpaired) electrons. The molecule has 0 saturated heterocycles. The summed E-state index contributed by atoms with van der Waals surface area (Å²) >= 11 is 5.30. The zero-order valence-electron chi connectivity index (χ0n) is 11.6. The van der Waals surface area contributed by atoms with Gasteiger partial charge in [-0.15, -0.1) is 0 Å². The fraction of sp³-hybridized carbons (Fsp3) is 0.214.